The van der Waals surface area contributed by atoms with Crippen molar-refractivity contribution in [1.29, 1.82) is 0 Å². The Bertz CT molecular complexity index is 236. The molecular weight excluding hydrogens is 160 g/mol. The van der Waals surface area contributed by atoms with E-state index in [0.717, 1.165) is 12.0 Å². The summed E-state index contributed by atoms with van der Waals surface area (Å²) in [7, 11) is 0. The minimum atomic E-state index is -0.0104. The Labute approximate surface area is 80.4 Å². The highest BCUT2D eigenvalue weighted by Crippen LogP contribution is 2.09. The molecule has 1 nitrogen and oxygen atoms in total. The largest absolute Gasteiger partial charge is 0.236 e. The standard InChI is InChI=1S/C12H17O/c1-10(2)9-12-5-3-11(4-6-12)7-8-13/h3-6,10H,7-9H2,1-2H3. The summed E-state index contributed by atoms with van der Waals surface area (Å²) < 4.78 is 0. The van der Waals surface area contributed by atoms with Crippen LogP contribution in [0.1, 0.15) is 25.0 Å². The van der Waals surface area contributed by atoms with Gasteiger partial charge in [-0.05, 0) is 29.9 Å². The summed E-state index contributed by atoms with van der Waals surface area (Å²) >= 11 is 0. The van der Waals surface area contributed by atoms with Crippen LogP contribution in [0.3, 0.4) is 0 Å². The van der Waals surface area contributed by atoms with Gasteiger partial charge in [0.1, 0.15) is 0 Å². The Morgan fingerprint density at radius 3 is 2.08 bits per heavy atom. The molecule has 1 radical (unpaired) electrons. The molecule has 0 fully saturated rings. The second kappa shape index (κ2) is 5.03. The smallest absolute Gasteiger partial charge is 0.0862 e. The average molecular weight is 177 g/mol. The lowest BCUT2D eigenvalue weighted by Gasteiger charge is -2.05. The van der Waals surface area contributed by atoms with E-state index in [-0.39, 0.29) is 6.61 Å². The van der Waals surface area contributed by atoms with Crippen LogP contribution in [-0.2, 0) is 17.9 Å². The van der Waals surface area contributed by atoms with Crippen molar-refractivity contribution in [3.8, 4) is 0 Å². The first-order valence-corrected chi connectivity index (χ1v) is 4.88. The highest BCUT2D eigenvalue weighted by molar-refractivity contribution is 5.22. The molecule has 13 heavy (non-hydrogen) atoms. The minimum Gasteiger partial charge on any atom is -0.236 e. The van der Waals surface area contributed by atoms with Gasteiger partial charge < -0.3 is 0 Å². The van der Waals surface area contributed by atoms with Crippen molar-refractivity contribution in [1.82, 2.24) is 0 Å². The van der Waals surface area contributed by atoms with Crippen molar-refractivity contribution in [2.45, 2.75) is 26.7 Å². The number of benzene rings is 1. The summed E-state index contributed by atoms with van der Waals surface area (Å²) in [5, 5.41) is 10.4. The van der Waals surface area contributed by atoms with E-state index in [1.807, 2.05) is 0 Å². The second-order valence-electron chi connectivity index (χ2n) is 3.87. The van der Waals surface area contributed by atoms with Crippen molar-refractivity contribution in [3.63, 3.8) is 0 Å². The van der Waals surface area contributed by atoms with Gasteiger partial charge in [0.15, 0.2) is 0 Å². The van der Waals surface area contributed by atoms with Crippen molar-refractivity contribution >= 4 is 0 Å². The molecule has 1 aromatic carbocycles. The fourth-order valence-electron chi connectivity index (χ4n) is 1.43. The summed E-state index contributed by atoms with van der Waals surface area (Å²) in [6.45, 7) is 4.42. The van der Waals surface area contributed by atoms with E-state index in [1.54, 1.807) is 0 Å². The van der Waals surface area contributed by atoms with E-state index in [0.29, 0.717) is 12.3 Å². The molecular formula is C12H17O. The van der Waals surface area contributed by atoms with Crippen LogP contribution in [0.2, 0.25) is 0 Å². The first-order valence-electron chi connectivity index (χ1n) is 4.88. The maximum absolute atomic E-state index is 10.4. The first-order chi connectivity index (χ1) is 6.22. The molecule has 0 aromatic heterocycles. The van der Waals surface area contributed by atoms with Crippen molar-refractivity contribution in [2.75, 3.05) is 6.61 Å². The Hall–Kier alpha value is -0.820. The summed E-state index contributed by atoms with van der Waals surface area (Å²) in [5.74, 6) is 0.699. The van der Waals surface area contributed by atoms with Gasteiger partial charge in [0.05, 0.1) is 6.61 Å². The van der Waals surface area contributed by atoms with Gasteiger partial charge in [-0.25, -0.2) is 5.11 Å². The molecule has 0 spiro atoms. The van der Waals surface area contributed by atoms with Crippen LogP contribution < -0.4 is 0 Å². The Morgan fingerprint density at radius 1 is 1.08 bits per heavy atom. The lowest BCUT2D eigenvalue weighted by Crippen LogP contribution is -1.95. The Morgan fingerprint density at radius 2 is 1.62 bits per heavy atom. The lowest BCUT2D eigenvalue weighted by atomic mass is 10.0. The molecule has 0 unspecified atom stereocenters. The molecule has 0 aliphatic rings. The van der Waals surface area contributed by atoms with Crippen LogP contribution >= 0.6 is 0 Å². The van der Waals surface area contributed by atoms with E-state index >= 15 is 0 Å². The summed E-state index contributed by atoms with van der Waals surface area (Å²) in [5.41, 5.74) is 2.52. The van der Waals surface area contributed by atoms with E-state index in [9.17, 15) is 5.11 Å². The second-order valence-corrected chi connectivity index (χ2v) is 3.87. The molecule has 0 saturated carbocycles. The van der Waals surface area contributed by atoms with E-state index in [1.165, 1.54) is 5.56 Å². The van der Waals surface area contributed by atoms with Gasteiger partial charge >= 0.3 is 0 Å². The molecule has 0 saturated heterocycles. The number of hydrogen-bond donors (Lipinski definition) is 0. The van der Waals surface area contributed by atoms with Crippen LogP contribution in [0, 0.1) is 5.92 Å². The maximum Gasteiger partial charge on any atom is 0.0862 e. The van der Waals surface area contributed by atoms with Gasteiger partial charge in [-0.15, -0.1) is 0 Å². The van der Waals surface area contributed by atoms with Crippen LogP contribution in [0.15, 0.2) is 24.3 Å². The normalized spacial score (nSPS) is 10.8. The zero-order valence-corrected chi connectivity index (χ0v) is 8.42. The zero-order chi connectivity index (χ0) is 9.68. The summed E-state index contributed by atoms with van der Waals surface area (Å²) in [6, 6.07) is 8.39. The van der Waals surface area contributed by atoms with Gasteiger partial charge in [0.25, 0.3) is 0 Å². The fourth-order valence-corrected chi connectivity index (χ4v) is 1.43. The topological polar surface area (TPSA) is 19.9 Å². The average Bonchev–Trinajstić information content (AvgIpc) is 2.08. The SMILES string of the molecule is CC(C)Cc1ccc(CC[O])cc1. The molecule has 0 aliphatic heterocycles. The Kier molecular flexibility index (Phi) is 3.97. The van der Waals surface area contributed by atoms with Crippen LogP contribution in [-0.4, -0.2) is 6.61 Å². The molecule has 71 valence electrons. The van der Waals surface area contributed by atoms with E-state index < -0.39 is 0 Å². The highest BCUT2D eigenvalue weighted by atomic mass is 16.2. The van der Waals surface area contributed by atoms with Gasteiger partial charge in [0.2, 0.25) is 0 Å². The van der Waals surface area contributed by atoms with Crippen molar-refractivity contribution < 1.29 is 5.11 Å². The van der Waals surface area contributed by atoms with Gasteiger partial charge in [-0.2, -0.15) is 0 Å². The zero-order valence-electron chi connectivity index (χ0n) is 8.42. The molecule has 0 N–H and O–H groups in total. The third-order valence-corrected chi connectivity index (χ3v) is 2.06. The molecule has 1 aromatic rings. The first kappa shape index (κ1) is 10.3. The molecule has 1 rings (SSSR count). The van der Waals surface area contributed by atoms with Gasteiger partial charge in [0, 0.05) is 0 Å². The van der Waals surface area contributed by atoms with E-state index in [4.69, 9.17) is 0 Å². The van der Waals surface area contributed by atoms with Crippen LogP contribution in [0.5, 0.6) is 0 Å². The van der Waals surface area contributed by atoms with Gasteiger partial charge in [-0.1, -0.05) is 38.1 Å². The fraction of sp³-hybridized carbons (Fsp3) is 0.500. The molecule has 0 amide bonds. The minimum absolute atomic E-state index is 0.0104. The van der Waals surface area contributed by atoms with Crippen LogP contribution in [0.4, 0.5) is 0 Å². The maximum atomic E-state index is 10.4. The quantitative estimate of drug-likeness (QED) is 0.674. The predicted molar refractivity (Wildman–Crippen MR) is 54.2 cm³/mol. The predicted octanol–water partition coefficient (Wildman–Crippen LogP) is 2.86. The molecule has 0 aliphatic carbocycles. The van der Waals surface area contributed by atoms with Crippen LogP contribution in [0.25, 0.3) is 0 Å². The monoisotopic (exact) mass is 177 g/mol. The third kappa shape index (κ3) is 3.60. The van der Waals surface area contributed by atoms with Crippen molar-refractivity contribution in [2.24, 2.45) is 5.92 Å². The lowest BCUT2D eigenvalue weighted by molar-refractivity contribution is 0.197. The molecule has 0 heterocycles. The van der Waals surface area contributed by atoms with E-state index in [2.05, 4.69) is 38.1 Å². The molecule has 0 bridgehead atoms. The molecule has 1 heteroatoms. The van der Waals surface area contributed by atoms with Crippen molar-refractivity contribution in [3.05, 3.63) is 35.4 Å². The number of hydrogen-bond acceptors (Lipinski definition) is 0. The number of rotatable bonds is 4. The third-order valence-electron chi connectivity index (χ3n) is 2.06. The molecule has 0 atom stereocenters. The summed E-state index contributed by atoms with van der Waals surface area (Å²) in [6.07, 6.45) is 1.78. The Balaban J connectivity index is 2.59. The highest BCUT2D eigenvalue weighted by Gasteiger charge is 1.97. The summed E-state index contributed by atoms with van der Waals surface area (Å²) in [4.78, 5) is 0. The van der Waals surface area contributed by atoms with Gasteiger partial charge in [-0.3, -0.25) is 0 Å².